The number of amides is 1. The van der Waals surface area contributed by atoms with Crippen molar-refractivity contribution in [1.82, 2.24) is 4.90 Å². The molecule has 0 saturated carbocycles. The van der Waals surface area contributed by atoms with Gasteiger partial charge in [0.05, 0.1) is 11.2 Å². The monoisotopic (exact) mass is 239 g/mol. The molecule has 1 fully saturated rings. The van der Waals surface area contributed by atoms with Crippen LogP contribution >= 0.6 is 0 Å². The van der Waals surface area contributed by atoms with E-state index < -0.39 is 17.3 Å². The van der Waals surface area contributed by atoms with E-state index in [0.717, 1.165) is 18.2 Å². The van der Waals surface area contributed by atoms with Gasteiger partial charge in [-0.25, -0.2) is 4.39 Å². The fourth-order valence-corrected chi connectivity index (χ4v) is 1.97. The summed E-state index contributed by atoms with van der Waals surface area (Å²) in [4.78, 5) is 13.4. The highest BCUT2D eigenvalue weighted by Crippen LogP contribution is 2.25. The SMILES string of the molecule is CC1(O)CCN(C(=O)c2cc(F)ccc2O)C1. The average molecular weight is 239 g/mol. The van der Waals surface area contributed by atoms with Crippen molar-refractivity contribution in [3.63, 3.8) is 0 Å². The fourth-order valence-electron chi connectivity index (χ4n) is 1.97. The van der Waals surface area contributed by atoms with Gasteiger partial charge in [0, 0.05) is 13.1 Å². The molecule has 1 saturated heterocycles. The number of carbonyl (C=O) groups excluding carboxylic acids is 1. The molecular weight excluding hydrogens is 225 g/mol. The minimum absolute atomic E-state index is 0.0669. The van der Waals surface area contributed by atoms with Gasteiger partial charge in [-0.15, -0.1) is 0 Å². The van der Waals surface area contributed by atoms with Gasteiger partial charge in [0.2, 0.25) is 0 Å². The first-order valence-corrected chi connectivity index (χ1v) is 5.39. The molecule has 1 amide bonds. The van der Waals surface area contributed by atoms with E-state index in [1.165, 1.54) is 4.90 Å². The molecule has 1 heterocycles. The van der Waals surface area contributed by atoms with Gasteiger partial charge < -0.3 is 15.1 Å². The quantitative estimate of drug-likeness (QED) is 0.772. The molecule has 2 N–H and O–H groups in total. The van der Waals surface area contributed by atoms with Crippen LogP contribution in [-0.4, -0.2) is 39.7 Å². The molecule has 0 aromatic heterocycles. The maximum Gasteiger partial charge on any atom is 0.257 e. The highest BCUT2D eigenvalue weighted by Gasteiger charge is 2.35. The summed E-state index contributed by atoms with van der Waals surface area (Å²) in [5, 5.41) is 19.3. The van der Waals surface area contributed by atoms with Crippen LogP contribution in [0.2, 0.25) is 0 Å². The van der Waals surface area contributed by atoms with Gasteiger partial charge in [-0.1, -0.05) is 0 Å². The third-order valence-corrected chi connectivity index (χ3v) is 2.93. The Morgan fingerprint density at radius 1 is 1.53 bits per heavy atom. The van der Waals surface area contributed by atoms with E-state index in [2.05, 4.69) is 0 Å². The molecule has 0 radical (unpaired) electrons. The van der Waals surface area contributed by atoms with Crippen molar-refractivity contribution < 1.29 is 19.4 Å². The maximum absolute atomic E-state index is 13.0. The van der Waals surface area contributed by atoms with Crippen LogP contribution in [0.3, 0.4) is 0 Å². The summed E-state index contributed by atoms with van der Waals surface area (Å²) in [5.41, 5.74) is -0.971. The molecule has 5 heteroatoms. The Morgan fingerprint density at radius 2 is 2.24 bits per heavy atom. The van der Waals surface area contributed by atoms with Gasteiger partial charge in [0.1, 0.15) is 11.6 Å². The molecule has 0 aliphatic carbocycles. The molecule has 2 rings (SSSR count). The lowest BCUT2D eigenvalue weighted by molar-refractivity contribution is 0.0570. The maximum atomic E-state index is 13.0. The number of aromatic hydroxyl groups is 1. The molecule has 4 nitrogen and oxygen atoms in total. The van der Waals surface area contributed by atoms with Crippen LogP contribution in [0.25, 0.3) is 0 Å². The van der Waals surface area contributed by atoms with E-state index in [4.69, 9.17) is 0 Å². The number of aliphatic hydroxyl groups is 1. The molecule has 1 aromatic rings. The smallest absolute Gasteiger partial charge is 0.257 e. The topological polar surface area (TPSA) is 60.8 Å². The van der Waals surface area contributed by atoms with E-state index in [-0.39, 0.29) is 17.9 Å². The molecule has 92 valence electrons. The first kappa shape index (κ1) is 11.9. The molecule has 1 unspecified atom stereocenters. The lowest BCUT2D eigenvalue weighted by atomic mass is 10.1. The zero-order chi connectivity index (χ0) is 12.6. The Morgan fingerprint density at radius 3 is 2.82 bits per heavy atom. The van der Waals surface area contributed by atoms with Gasteiger partial charge in [0.15, 0.2) is 0 Å². The summed E-state index contributed by atoms with van der Waals surface area (Å²) in [5.74, 6) is -1.28. The third kappa shape index (κ3) is 2.39. The van der Waals surface area contributed by atoms with Crippen molar-refractivity contribution in [1.29, 1.82) is 0 Å². The van der Waals surface area contributed by atoms with Crippen LogP contribution in [0, 0.1) is 5.82 Å². The molecule has 1 aliphatic rings. The number of carbonyl (C=O) groups is 1. The number of rotatable bonds is 1. The lowest BCUT2D eigenvalue weighted by Gasteiger charge is -2.19. The second kappa shape index (κ2) is 4.00. The van der Waals surface area contributed by atoms with Gasteiger partial charge >= 0.3 is 0 Å². The first-order chi connectivity index (χ1) is 7.89. The van der Waals surface area contributed by atoms with Crippen molar-refractivity contribution in [3.8, 4) is 5.75 Å². The largest absolute Gasteiger partial charge is 0.507 e. The van der Waals surface area contributed by atoms with Crippen molar-refractivity contribution in [3.05, 3.63) is 29.6 Å². The molecule has 0 spiro atoms. The van der Waals surface area contributed by atoms with Crippen molar-refractivity contribution >= 4 is 5.91 Å². The minimum atomic E-state index is -0.904. The van der Waals surface area contributed by atoms with E-state index in [1.54, 1.807) is 6.92 Å². The number of phenols is 1. The average Bonchev–Trinajstić information content (AvgIpc) is 2.61. The Hall–Kier alpha value is -1.62. The Kier molecular flexibility index (Phi) is 2.79. The van der Waals surface area contributed by atoms with E-state index in [0.29, 0.717) is 13.0 Å². The Bertz CT molecular complexity index is 459. The predicted octanol–water partition coefficient (Wildman–Crippen LogP) is 1.13. The zero-order valence-electron chi connectivity index (χ0n) is 9.48. The Labute approximate surface area is 98.3 Å². The molecular formula is C12H14FNO3. The second-order valence-corrected chi connectivity index (χ2v) is 4.64. The van der Waals surface area contributed by atoms with Gasteiger partial charge in [-0.3, -0.25) is 4.79 Å². The van der Waals surface area contributed by atoms with Crippen LogP contribution in [0.5, 0.6) is 5.75 Å². The second-order valence-electron chi connectivity index (χ2n) is 4.64. The number of phenolic OH excluding ortho intramolecular Hbond substituents is 1. The molecule has 17 heavy (non-hydrogen) atoms. The number of β-amino-alcohol motifs (C(OH)–C–C–N with tert-alkyl or cyclic N) is 1. The molecule has 0 bridgehead atoms. The zero-order valence-corrected chi connectivity index (χ0v) is 9.48. The van der Waals surface area contributed by atoms with Crippen LogP contribution in [0.4, 0.5) is 4.39 Å². The van der Waals surface area contributed by atoms with E-state index >= 15 is 0 Å². The standard InChI is InChI=1S/C12H14FNO3/c1-12(17)4-5-14(7-12)11(16)9-6-8(13)2-3-10(9)15/h2-3,6,15,17H,4-5,7H2,1H3. The van der Waals surface area contributed by atoms with Crippen LogP contribution in [-0.2, 0) is 0 Å². The minimum Gasteiger partial charge on any atom is -0.507 e. The molecule has 1 aromatic carbocycles. The lowest BCUT2D eigenvalue weighted by Crippen LogP contribution is -2.33. The number of hydrogen-bond donors (Lipinski definition) is 2. The van der Waals surface area contributed by atoms with Gasteiger partial charge in [-0.2, -0.15) is 0 Å². The van der Waals surface area contributed by atoms with E-state index in [1.807, 2.05) is 0 Å². The van der Waals surface area contributed by atoms with Gasteiger partial charge in [-0.05, 0) is 31.5 Å². The summed E-state index contributed by atoms with van der Waals surface area (Å²) in [6, 6.07) is 3.24. The fraction of sp³-hybridized carbons (Fsp3) is 0.417. The van der Waals surface area contributed by atoms with Crippen LogP contribution < -0.4 is 0 Å². The number of likely N-dealkylation sites (tertiary alicyclic amines) is 1. The summed E-state index contributed by atoms with van der Waals surface area (Å²) in [6.07, 6.45) is 0.481. The number of halogens is 1. The Balaban J connectivity index is 2.23. The molecule has 1 atom stereocenters. The van der Waals surface area contributed by atoms with Crippen molar-refractivity contribution in [2.24, 2.45) is 0 Å². The number of nitrogens with zero attached hydrogens (tertiary/aromatic N) is 1. The number of benzene rings is 1. The normalized spacial score (nSPS) is 24.1. The highest BCUT2D eigenvalue weighted by molar-refractivity contribution is 5.97. The number of hydrogen-bond acceptors (Lipinski definition) is 3. The molecule has 1 aliphatic heterocycles. The van der Waals surface area contributed by atoms with E-state index in [9.17, 15) is 19.4 Å². The summed E-state index contributed by atoms with van der Waals surface area (Å²) in [6.45, 7) is 2.25. The predicted molar refractivity (Wildman–Crippen MR) is 59.2 cm³/mol. The van der Waals surface area contributed by atoms with Crippen LogP contribution in [0.15, 0.2) is 18.2 Å². The third-order valence-electron chi connectivity index (χ3n) is 2.93. The van der Waals surface area contributed by atoms with Crippen LogP contribution in [0.1, 0.15) is 23.7 Å². The van der Waals surface area contributed by atoms with Crippen molar-refractivity contribution in [2.45, 2.75) is 18.9 Å². The summed E-state index contributed by atoms with van der Waals surface area (Å²) in [7, 11) is 0. The van der Waals surface area contributed by atoms with Gasteiger partial charge in [0.25, 0.3) is 5.91 Å². The summed E-state index contributed by atoms with van der Waals surface area (Å²) < 4.78 is 13.0. The first-order valence-electron chi connectivity index (χ1n) is 5.39. The highest BCUT2D eigenvalue weighted by atomic mass is 19.1. The summed E-state index contributed by atoms with van der Waals surface area (Å²) >= 11 is 0. The van der Waals surface area contributed by atoms with Crippen molar-refractivity contribution in [2.75, 3.05) is 13.1 Å².